The molecule has 0 amide bonds. The monoisotopic (exact) mass is 222 g/mol. The SMILES string of the molecule is CC#CC=C(C=CF)C1C(C(=O)O)C1(C)C. The fourth-order valence-electron chi connectivity index (χ4n) is 2.19. The molecule has 2 nitrogen and oxygen atoms in total. The second-order valence-electron chi connectivity index (χ2n) is 4.45. The number of hydrogen-bond donors (Lipinski definition) is 1. The number of halogens is 1. The summed E-state index contributed by atoms with van der Waals surface area (Å²) in [5, 5.41) is 9.02. The molecule has 0 spiro atoms. The largest absolute Gasteiger partial charge is 0.481 e. The molecule has 2 unspecified atom stereocenters. The van der Waals surface area contributed by atoms with Crippen LogP contribution in [-0.4, -0.2) is 11.1 Å². The maximum atomic E-state index is 12.2. The van der Waals surface area contributed by atoms with Gasteiger partial charge < -0.3 is 5.11 Å². The van der Waals surface area contributed by atoms with Crippen LogP contribution >= 0.6 is 0 Å². The van der Waals surface area contributed by atoms with Gasteiger partial charge in [0, 0.05) is 5.92 Å². The lowest BCUT2D eigenvalue weighted by Crippen LogP contribution is -2.03. The Hall–Kier alpha value is -1.56. The van der Waals surface area contributed by atoms with E-state index < -0.39 is 11.9 Å². The van der Waals surface area contributed by atoms with Gasteiger partial charge in [0.05, 0.1) is 12.2 Å². The Balaban J connectivity index is 2.98. The van der Waals surface area contributed by atoms with E-state index in [0.29, 0.717) is 11.9 Å². The fourth-order valence-corrected chi connectivity index (χ4v) is 2.19. The average Bonchev–Trinajstić information content (AvgIpc) is 2.76. The molecule has 1 N–H and O–H groups in total. The van der Waals surface area contributed by atoms with Crippen LogP contribution in [0.4, 0.5) is 4.39 Å². The zero-order chi connectivity index (χ0) is 12.3. The van der Waals surface area contributed by atoms with Gasteiger partial charge in [0.25, 0.3) is 0 Å². The molecule has 1 rings (SSSR count). The van der Waals surface area contributed by atoms with Crippen LogP contribution in [0.3, 0.4) is 0 Å². The van der Waals surface area contributed by atoms with Gasteiger partial charge >= 0.3 is 5.97 Å². The molecule has 0 saturated heterocycles. The molecule has 0 aromatic rings. The van der Waals surface area contributed by atoms with Crippen LogP contribution < -0.4 is 0 Å². The van der Waals surface area contributed by atoms with Gasteiger partial charge in [0.15, 0.2) is 0 Å². The lowest BCUT2D eigenvalue weighted by molar-refractivity contribution is -0.139. The summed E-state index contributed by atoms with van der Waals surface area (Å²) in [7, 11) is 0. The molecule has 0 aromatic heterocycles. The molecule has 0 bridgehead atoms. The van der Waals surface area contributed by atoms with Gasteiger partial charge in [-0.05, 0) is 30.1 Å². The summed E-state index contributed by atoms with van der Waals surface area (Å²) < 4.78 is 12.2. The molecule has 2 atom stereocenters. The number of aliphatic carboxylic acids is 1. The molecular formula is C13H15FO2. The van der Waals surface area contributed by atoms with E-state index >= 15 is 0 Å². The van der Waals surface area contributed by atoms with E-state index in [4.69, 9.17) is 5.11 Å². The summed E-state index contributed by atoms with van der Waals surface area (Å²) in [4.78, 5) is 11.0. The number of carboxylic acid groups (broad SMARTS) is 1. The van der Waals surface area contributed by atoms with Gasteiger partial charge in [-0.3, -0.25) is 4.79 Å². The van der Waals surface area contributed by atoms with E-state index in [9.17, 15) is 9.18 Å². The second kappa shape index (κ2) is 4.52. The van der Waals surface area contributed by atoms with E-state index in [1.807, 2.05) is 13.8 Å². The van der Waals surface area contributed by atoms with Crippen molar-refractivity contribution in [2.45, 2.75) is 20.8 Å². The molecule has 0 aromatic carbocycles. The maximum absolute atomic E-state index is 12.2. The smallest absolute Gasteiger partial charge is 0.307 e. The van der Waals surface area contributed by atoms with Gasteiger partial charge in [-0.15, -0.1) is 5.92 Å². The van der Waals surface area contributed by atoms with Crippen LogP contribution in [0.25, 0.3) is 0 Å². The molecule has 3 heteroatoms. The highest BCUT2D eigenvalue weighted by atomic mass is 19.1. The molecule has 1 aliphatic rings. The van der Waals surface area contributed by atoms with Gasteiger partial charge in [-0.2, -0.15) is 0 Å². The minimum atomic E-state index is -0.836. The standard InChI is InChI=1S/C13H15FO2/c1-4-5-6-9(7-8-14)10-11(12(15)16)13(10,2)3/h6-8,10-11H,1-3H3,(H,15,16). The first kappa shape index (κ1) is 12.5. The quantitative estimate of drug-likeness (QED) is 0.589. The highest BCUT2D eigenvalue weighted by molar-refractivity contribution is 5.77. The predicted octanol–water partition coefficient (Wildman–Crippen LogP) is 2.78. The molecule has 16 heavy (non-hydrogen) atoms. The number of hydrogen-bond acceptors (Lipinski definition) is 1. The Morgan fingerprint density at radius 3 is 2.44 bits per heavy atom. The molecule has 1 aliphatic carbocycles. The third kappa shape index (κ3) is 2.16. The summed E-state index contributed by atoms with van der Waals surface area (Å²) in [5.74, 6) is 3.97. The van der Waals surface area contributed by atoms with Crippen molar-refractivity contribution < 1.29 is 14.3 Å². The Kier molecular flexibility index (Phi) is 3.54. The lowest BCUT2D eigenvalue weighted by atomic mass is 10.0. The summed E-state index contributed by atoms with van der Waals surface area (Å²) >= 11 is 0. The second-order valence-corrected chi connectivity index (χ2v) is 4.45. The fraction of sp³-hybridized carbons (Fsp3) is 0.462. The summed E-state index contributed by atoms with van der Waals surface area (Å²) in [6.07, 6.45) is 3.31. The topological polar surface area (TPSA) is 37.3 Å². The zero-order valence-corrected chi connectivity index (χ0v) is 9.62. The average molecular weight is 222 g/mol. The van der Waals surface area contributed by atoms with Crippen molar-refractivity contribution in [1.29, 1.82) is 0 Å². The van der Waals surface area contributed by atoms with Crippen LogP contribution in [0.5, 0.6) is 0 Å². The summed E-state index contributed by atoms with van der Waals surface area (Å²) in [5.41, 5.74) is 0.321. The van der Waals surface area contributed by atoms with Crippen LogP contribution in [0.15, 0.2) is 24.1 Å². The van der Waals surface area contributed by atoms with Crippen molar-refractivity contribution in [3.8, 4) is 11.8 Å². The molecule has 1 saturated carbocycles. The molecule has 0 radical (unpaired) electrons. The third-order valence-electron chi connectivity index (χ3n) is 3.09. The van der Waals surface area contributed by atoms with Gasteiger partial charge in [0.2, 0.25) is 0 Å². The van der Waals surface area contributed by atoms with Crippen molar-refractivity contribution in [3.05, 3.63) is 24.1 Å². The Bertz CT molecular complexity index is 407. The van der Waals surface area contributed by atoms with Gasteiger partial charge in [-0.25, -0.2) is 4.39 Å². The van der Waals surface area contributed by atoms with Crippen molar-refractivity contribution in [3.63, 3.8) is 0 Å². The first-order valence-corrected chi connectivity index (χ1v) is 5.08. The van der Waals surface area contributed by atoms with Gasteiger partial charge in [-0.1, -0.05) is 19.8 Å². The molecule has 86 valence electrons. The van der Waals surface area contributed by atoms with Crippen molar-refractivity contribution in [1.82, 2.24) is 0 Å². The van der Waals surface area contributed by atoms with Crippen LogP contribution in [0.2, 0.25) is 0 Å². The molecule has 1 fully saturated rings. The van der Waals surface area contributed by atoms with E-state index in [0.717, 1.165) is 0 Å². The van der Waals surface area contributed by atoms with Gasteiger partial charge in [0.1, 0.15) is 0 Å². The normalized spacial score (nSPS) is 27.4. The summed E-state index contributed by atoms with van der Waals surface area (Å²) in [6.45, 7) is 5.42. The Labute approximate surface area is 94.9 Å². The summed E-state index contributed by atoms with van der Waals surface area (Å²) in [6, 6.07) is 0. The van der Waals surface area contributed by atoms with E-state index in [-0.39, 0.29) is 11.3 Å². The molecule has 0 heterocycles. The minimum absolute atomic E-state index is 0.155. The Morgan fingerprint density at radius 2 is 2.06 bits per heavy atom. The minimum Gasteiger partial charge on any atom is -0.481 e. The zero-order valence-electron chi connectivity index (χ0n) is 9.62. The first-order chi connectivity index (χ1) is 7.46. The number of carbonyl (C=O) groups is 1. The van der Waals surface area contributed by atoms with E-state index in [1.54, 1.807) is 13.0 Å². The van der Waals surface area contributed by atoms with Crippen LogP contribution in [-0.2, 0) is 4.79 Å². The van der Waals surface area contributed by atoms with E-state index in [2.05, 4.69) is 11.8 Å². The van der Waals surface area contributed by atoms with Crippen molar-refractivity contribution >= 4 is 5.97 Å². The predicted molar refractivity (Wildman–Crippen MR) is 60.2 cm³/mol. The first-order valence-electron chi connectivity index (χ1n) is 5.08. The van der Waals surface area contributed by atoms with E-state index in [1.165, 1.54) is 6.08 Å². The number of allylic oxidation sites excluding steroid dienone is 3. The molecule has 0 aliphatic heterocycles. The van der Waals surface area contributed by atoms with Crippen LogP contribution in [0, 0.1) is 29.1 Å². The van der Waals surface area contributed by atoms with Crippen molar-refractivity contribution in [2.75, 3.05) is 0 Å². The van der Waals surface area contributed by atoms with Crippen LogP contribution in [0.1, 0.15) is 20.8 Å². The highest BCUT2D eigenvalue weighted by Gasteiger charge is 2.63. The van der Waals surface area contributed by atoms with Crippen molar-refractivity contribution in [2.24, 2.45) is 17.3 Å². The lowest BCUT2D eigenvalue weighted by Gasteiger charge is -2.01. The number of carboxylic acids is 1. The highest BCUT2D eigenvalue weighted by Crippen LogP contribution is 2.61. The Morgan fingerprint density at radius 1 is 1.44 bits per heavy atom. The maximum Gasteiger partial charge on any atom is 0.307 e. The third-order valence-corrected chi connectivity index (χ3v) is 3.09. The number of rotatable bonds is 3. The molecular weight excluding hydrogens is 207 g/mol.